The van der Waals surface area contributed by atoms with E-state index in [9.17, 15) is 10.0 Å². The van der Waals surface area contributed by atoms with Gasteiger partial charge in [0.2, 0.25) is 0 Å². The van der Waals surface area contributed by atoms with E-state index in [4.69, 9.17) is 4.74 Å². The van der Waals surface area contributed by atoms with Crippen LogP contribution in [0.1, 0.15) is 32.6 Å². The predicted octanol–water partition coefficient (Wildman–Crippen LogP) is 3.20. The van der Waals surface area contributed by atoms with E-state index < -0.39 is 5.56 Å². The molecule has 1 aromatic carbocycles. The zero-order valence-electron chi connectivity index (χ0n) is 11.1. The van der Waals surface area contributed by atoms with E-state index in [0.717, 1.165) is 18.2 Å². The number of rotatable bonds is 6. The first kappa shape index (κ1) is 13.5. The summed E-state index contributed by atoms with van der Waals surface area (Å²) in [7, 11) is 0. The Labute approximate surface area is 112 Å². The number of hydrogen-bond donors (Lipinski definition) is 1. The monoisotopic (exact) mass is 261 g/mol. The van der Waals surface area contributed by atoms with Gasteiger partial charge in [0.25, 0.3) is 5.56 Å². The van der Waals surface area contributed by atoms with E-state index in [2.05, 4.69) is 6.92 Å². The van der Waals surface area contributed by atoms with Crippen LogP contribution in [0.2, 0.25) is 0 Å². The smallest absolute Gasteiger partial charge is 0.287 e. The van der Waals surface area contributed by atoms with Gasteiger partial charge in [-0.1, -0.05) is 38.3 Å². The van der Waals surface area contributed by atoms with Crippen LogP contribution in [-0.4, -0.2) is 16.5 Å². The van der Waals surface area contributed by atoms with Crippen molar-refractivity contribution in [2.75, 3.05) is 6.61 Å². The summed E-state index contributed by atoms with van der Waals surface area (Å²) in [5.41, 5.74) is 0.000756. The van der Waals surface area contributed by atoms with Crippen LogP contribution in [0.3, 0.4) is 0 Å². The molecular weight excluding hydrogens is 242 g/mol. The maximum atomic E-state index is 11.6. The number of pyridine rings is 1. The number of aromatic nitrogens is 1. The van der Waals surface area contributed by atoms with E-state index in [1.54, 1.807) is 12.1 Å². The molecule has 0 aliphatic rings. The van der Waals surface area contributed by atoms with Crippen molar-refractivity contribution in [2.45, 2.75) is 32.6 Å². The molecule has 1 N–H and O–H groups in total. The van der Waals surface area contributed by atoms with Crippen molar-refractivity contribution in [1.29, 1.82) is 0 Å². The average molecular weight is 261 g/mol. The number of benzene rings is 1. The lowest BCUT2D eigenvalue weighted by atomic mass is 10.2. The summed E-state index contributed by atoms with van der Waals surface area (Å²) in [5, 5.41) is 10.4. The number of ether oxygens (including phenoxy) is 1. The molecule has 0 atom stereocenters. The Hall–Kier alpha value is -1.97. The second-order valence-electron chi connectivity index (χ2n) is 4.58. The first-order valence-corrected chi connectivity index (χ1v) is 6.71. The lowest BCUT2D eigenvalue weighted by Gasteiger charge is -2.10. The Balaban J connectivity index is 2.19. The molecule has 1 aromatic heterocycles. The molecule has 0 saturated heterocycles. The molecule has 1 heterocycles. The predicted molar refractivity (Wildman–Crippen MR) is 75.0 cm³/mol. The normalized spacial score (nSPS) is 10.8. The van der Waals surface area contributed by atoms with Gasteiger partial charge in [0.15, 0.2) is 0 Å². The van der Waals surface area contributed by atoms with Crippen molar-refractivity contribution in [3.8, 4) is 5.75 Å². The van der Waals surface area contributed by atoms with Gasteiger partial charge in [-0.25, -0.2) is 0 Å². The molecule has 0 spiro atoms. The van der Waals surface area contributed by atoms with E-state index in [1.807, 2.05) is 12.1 Å². The number of nitrogens with zero attached hydrogens (tertiary/aromatic N) is 1. The molecule has 19 heavy (non-hydrogen) atoms. The second kappa shape index (κ2) is 6.27. The molecule has 4 nitrogen and oxygen atoms in total. The highest BCUT2D eigenvalue weighted by Gasteiger charge is 2.08. The number of hydrogen-bond acceptors (Lipinski definition) is 3. The lowest BCUT2D eigenvalue weighted by Crippen LogP contribution is -2.17. The van der Waals surface area contributed by atoms with Crippen LogP contribution in [0.5, 0.6) is 5.75 Å². The summed E-state index contributed by atoms with van der Waals surface area (Å²) in [6.45, 7) is 2.76. The molecule has 4 heteroatoms. The van der Waals surface area contributed by atoms with Crippen molar-refractivity contribution in [2.24, 2.45) is 0 Å². The van der Waals surface area contributed by atoms with Crippen molar-refractivity contribution >= 4 is 10.9 Å². The van der Waals surface area contributed by atoms with Crippen LogP contribution in [0.4, 0.5) is 0 Å². The Morgan fingerprint density at radius 2 is 2.00 bits per heavy atom. The standard InChI is InChI=1S/C15H19NO3/c1-2-3-4-7-10-19-14-11-15(17)16(18)13-9-6-5-8-12(13)14/h5-6,8-9,11,18H,2-4,7,10H2,1H3. The number of fused-ring (bicyclic) bond motifs is 1. The molecule has 0 bridgehead atoms. The van der Waals surface area contributed by atoms with Crippen LogP contribution in [0.25, 0.3) is 10.9 Å². The summed E-state index contributed by atoms with van der Waals surface area (Å²) in [5.74, 6) is 0.544. The molecule has 0 fully saturated rings. The van der Waals surface area contributed by atoms with Gasteiger partial charge in [-0.3, -0.25) is 4.79 Å². The minimum Gasteiger partial charge on any atom is -0.493 e. The van der Waals surface area contributed by atoms with Crippen LogP contribution >= 0.6 is 0 Å². The minimum absolute atomic E-state index is 0.470. The fraction of sp³-hybridized carbons (Fsp3) is 0.400. The Kier molecular flexibility index (Phi) is 4.44. The van der Waals surface area contributed by atoms with Gasteiger partial charge in [-0.15, -0.1) is 4.73 Å². The summed E-state index contributed by atoms with van der Waals surface area (Å²) in [4.78, 5) is 11.6. The highest BCUT2D eigenvalue weighted by Crippen LogP contribution is 2.23. The first-order chi connectivity index (χ1) is 9.24. The average Bonchev–Trinajstić information content (AvgIpc) is 2.44. The quantitative estimate of drug-likeness (QED) is 0.641. The van der Waals surface area contributed by atoms with Crippen LogP contribution in [0.15, 0.2) is 35.1 Å². The molecule has 0 amide bonds. The van der Waals surface area contributed by atoms with Crippen LogP contribution < -0.4 is 10.3 Å². The van der Waals surface area contributed by atoms with Crippen molar-refractivity contribution in [3.05, 3.63) is 40.7 Å². The summed E-state index contributed by atoms with van der Waals surface area (Å²) in [6.07, 6.45) is 4.49. The Morgan fingerprint density at radius 1 is 1.21 bits per heavy atom. The largest absolute Gasteiger partial charge is 0.493 e. The Bertz CT molecular complexity index is 604. The molecule has 102 valence electrons. The van der Waals surface area contributed by atoms with Crippen molar-refractivity contribution < 1.29 is 9.94 Å². The molecule has 0 saturated carbocycles. The van der Waals surface area contributed by atoms with E-state index in [1.165, 1.54) is 18.9 Å². The molecule has 0 radical (unpaired) electrons. The van der Waals surface area contributed by atoms with Gasteiger partial charge in [0.1, 0.15) is 5.75 Å². The highest BCUT2D eigenvalue weighted by molar-refractivity contribution is 5.84. The third-order valence-electron chi connectivity index (χ3n) is 3.12. The van der Waals surface area contributed by atoms with Crippen LogP contribution in [-0.2, 0) is 0 Å². The highest BCUT2D eigenvalue weighted by atomic mass is 16.5. The fourth-order valence-electron chi connectivity index (χ4n) is 2.07. The summed E-state index contributed by atoms with van der Waals surface area (Å²) in [6, 6.07) is 8.50. The van der Waals surface area contributed by atoms with Gasteiger partial charge in [-0.05, 0) is 18.6 Å². The zero-order chi connectivity index (χ0) is 13.7. The topological polar surface area (TPSA) is 51.5 Å². The molecule has 0 unspecified atom stereocenters. The Morgan fingerprint density at radius 3 is 2.79 bits per heavy atom. The molecule has 0 aliphatic carbocycles. The van der Waals surface area contributed by atoms with E-state index in [0.29, 0.717) is 22.6 Å². The van der Waals surface area contributed by atoms with Gasteiger partial charge < -0.3 is 9.94 Å². The SMILES string of the molecule is CCCCCCOc1cc(=O)n(O)c2ccccc12. The van der Waals surface area contributed by atoms with E-state index >= 15 is 0 Å². The zero-order valence-corrected chi connectivity index (χ0v) is 11.1. The third kappa shape index (κ3) is 3.08. The number of unbranched alkanes of at least 4 members (excludes halogenated alkanes) is 3. The maximum absolute atomic E-state index is 11.6. The number of para-hydroxylation sites is 1. The molecule has 2 aromatic rings. The van der Waals surface area contributed by atoms with Gasteiger partial charge in [0, 0.05) is 11.5 Å². The minimum atomic E-state index is -0.470. The fourth-order valence-corrected chi connectivity index (χ4v) is 2.07. The third-order valence-corrected chi connectivity index (χ3v) is 3.12. The summed E-state index contributed by atoms with van der Waals surface area (Å²) >= 11 is 0. The van der Waals surface area contributed by atoms with E-state index in [-0.39, 0.29) is 0 Å². The molecule has 0 aliphatic heterocycles. The van der Waals surface area contributed by atoms with Gasteiger partial charge in [-0.2, -0.15) is 0 Å². The lowest BCUT2D eigenvalue weighted by molar-refractivity contribution is 0.187. The van der Waals surface area contributed by atoms with Crippen molar-refractivity contribution in [3.63, 3.8) is 0 Å². The van der Waals surface area contributed by atoms with Gasteiger partial charge in [0.05, 0.1) is 12.1 Å². The molecule has 2 rings (SSSR count). The second-order valence-corrected chi connectivity index (χ2v) is 4.58. The molecular formula is C15H19NO3. The first-order valence-electron chi connectivity index (χ1n) is 6.71. The van der Waals surface area contributed by atoms with Crippen LogP contribution in [0, 0.1) is 0 Å². The van der Waals surface area contributed by atoms with Gasteiger partial charge >= 0.3 is 0 Å². The summed E-state index contributed by atoms with van der Waals surface area (Å²) < 4.78 is 6.33. The van der Waals surface area contributed by atoms with Crippen molar-refractivity contribution in [1.82, 2.24) is 4.73 Å². The maximum Gasteiger partial charge on any atom is 0.287 e.